The summed E-state index contributed by atoms with van der Waals surface area (Å²) in [5, 5.41) is 12.0. The van der Waals surface area contributed by atoms with Gasteiger partial charge in [-0.05, 0) is 31.9 Å². The topological polar surface area (TPSA) is 67.1 Å². The van der Waals surface area contributed by atoms with E-state index >= 15 is 0 Å². The molecule has 1 aromatic carbocycles. The molecule has 0 amide bonds. The third kappa shape index (κ3) is 2.50. The Hall–Kier alpha value is -2.56. The SMILES string of the molecule is C=Cn1c(C(=O)c2cc(C)cc(C)c2)c(C(C)C)c(=O)n1[O-]. The van der Waals surface area contributed by atoms with Crippen molar-refractivity contribution in [2.24, 2.45) is 0 Å². The first-order chi connectivity index (χ1) is 10.3. The molecule has 2 aromatic rings. The van der Waals surface area contributed by atoms with E-state index < -0.39 is 5.56 Å². The summed E-state index contributed by atoms with van der Waals surface area (Å²) in [5.41, 5.74) is 1.96. The van der Waals surface area contributed by atoms with Crippen LogP contribution in [0.5, 0.6) is 0 Å². The van der Waals surface area contributed by atoms with Gasteiger partial charge in [-0.3, -0.25) is 19.1 Å². The summed E-state index contributed by atoms with van der Waals surface area (Å²) in [4.78, 5) is 25.2. The zero-order chi connectivity index (χ0) is 16.6. The first-order valence-electron chi connectivity index (χ1n) is 7.08. The van der Waals surface area contributed by atoms with Gasteiger partial charge in [-0.25, -0.2) is 0 Å². The van der Waals surface area contributed by atoms with Gasteiger partial charge in [0.1, 0.15) is 5.69 Å². The molecule has 0 aliphatic carbocycles. The van der Waals surface area contributed by atoms with Crippen molar-refractivity contribution in [3.63, 3.8) is 0 Å². The predicted molar refractivity (Wildman–Crippen MR) is 87.3 cm³/mol. The first kappa shape index (κ1) is 15.8. The molecule has 0 spiro atoms. The van der Waals surface area contributed by atoms with Crippen molar-refractivity contribution in [1.29, 1.82) is 0 Å². The molecule has 0 unspecified atom stereocenters. The molecule has 0 fully saturated rings. The molecule has 1 heterocycles. The van der Waals surface area contributed by atoms with Gasteiger partial charge in [0, 0.05) is 11.8 Å². The van der Waals surface area contributed by atoms with Crippen LogP contribution in [0.2, 0.25) is 0 Å². The van der Waals surface area contributed by atoms with E-state index in [4.69, 9.17) is 0 Å². The van der Waals surface area contributed by atoms with Gasteiger partial charge >= 0.3 is 0 Å². The Morgan fingerprint density at radius 1 is 1.23 bits per heavy atom. The van der Waals surface area contributed by atoms with E-state index in [-0.39, 0.29) is 27.8 Å². The van der Waals surface area contributed by atoms with Crippen LogP contribution < -0.4 is 5.56 Å². The minimum atomic E-state index is -0.706. The van der Waals surface area contributed by atoms with E-state index in [0.717, 1.165) is 15.8 Å². The smallest absolute Gasteiger partial charge is 0.267 e. The maximum absolute atomic E-state index is 12.9. The van der Waals surface area contributed by atoms with Gasteiger partial charge < -0.3 is 5.21 Å². The third-order valence-electron chi connectivity index (χ3n) is 3.53. The molecule has 0 aliphatic heterocycles. The Kier molecular flexibility index (Phi) is 4.08. The van der Waals surface area contributed by atoms with Crippen molar-refractivity contribution in [1.82, 2.24) is 9.53 Å². The maximum atomic E-state index is 12.9. The predicted octanol–water partition coefficient (Wildman–Crippen LogP) is 3.07. The lowest BCUT2D eigenvalue weighted by molar-refractivity contribution is 0.103. The number of ketones is 1. The highest BCUT2D eigenvalue weighted by Gasteiger charge is 2.25. The highest BCUT2D eigenvalue weighted by Crippen LogP contribution is 2.21. The Labute approximate surface area is 129 Å². The molecule has 0 bridgehead atoms. The van der Waals surface area contributed by atoms with Gasteiger partial charge in [-0.15, -0.1) is 0 Å². The van der Waals surface area contributed by atoms with Crippen LogP contribution in [0.15, 0.2) is 29.6 Å². The average Bonchev–Trinajstić information content (AvgIpc) is 2.69. The lowest BCUT2D eigenvalue weighted by atomic mass is 9.96. The van der Waals surface area contributed by atoms with Crippen molar-refractivity contribution in [3.05, 3.63) is 68.3 Å². The standard InChI is InChI=1S/C17H19N2O3/c1-6-18-15(14(10(2)3)17(21)19(18)22)16(20)13-8-11(4)7-12(5)9-13/h6-10H,1H2,2-5H3/q-1. The van der Waals surface area contributed by atoms with E-state index in [1.165, 1.54) is 6.20 Å². The zero-order valence-electron chi connectivity index (χ0n) is 13.2. The van der Waals surface area contributed by atoms with Crippen molar-refractivity contribution in [3.8, 4) is 0 Å². The highest BCUT2D eigenvalue weighted by molar-refractivity contribution is 6.09. The van der Waals surface area contributed by atoms with Crippen LogP contribution >= 0.6 is 0 Å². The normalized spacial score (nSPS) is 11.0. The summed E-state index contributed by atoms with van der Waals surface area (Å²) in [6.07, 6.45) is 1.19. The van der Waals surface area contributed by atoms with Crippen LogP contribution in [0.3, 0.4) is 0 Å². The van der Waals surface area contributed by atoms with Crippen molar-refractivity contribution in [2.75, 3.05) is 0 Å². The molecule has 22 heavy (non-hydrogen) atoms. The summed E-state index contributed by atoms with van der Waals surface area (Å²) in [6, 6.07) is 5.46. The van der Waals surface area contributed by atoms with Crippen molar-refractivity contribution >= 4 is 12.0 Å². The molecule has 116 valence electrons. The minimum Gasteiger partial charge on any atom is -0.789 e. The number of carbonyl (C=O) groups excluding carboxylic acids is 1. The molecule has 5 heteroatoms. The van der Waals surface area contributed by atoms with Gasteiger partial charge in [0.05, 0.1) is 5.56 Å². The molecule has 0 N–H and O–H groups in total. The second kappa shape index (κ2) is 5.67. The van der Waals surface area contributed by atoms with Gasteiger partial charge in [-0.2, -0.15) is 0 Å². The molecule has 5 nitrogen and oxygen atoms in total. The number of hydrogen-bond donors (Lipinski definition) is 0. The highest BCUT2D eigenvalue weighted by atomic mass is 16.5. The fourth-order valence-corrected chi connectivity index (χ4v) is 2.67. The van der Waals surface area contributed by atoms with Gasteiger partial charge in [0.2, 0.25) is 5.78 Å². The van der Waals surface area contributed by atoms with Crippen LogP contribution in [0.1, 0.15) is 52.5 Å². The van der Waals surface area contributed by atoms with Crippen LogP contribution in [-0.2, 0) is 0 Å². The van der Waals surface area contributed by atoms with E-state index in [1.54, 1.807) is 26.0 Å². The third-order valence-corrected chi connectivity index (χ3v) is 3.53. The van der Waals surface area contributed by atoms with Gasteiger partial charge in [0.25, 0.3) is 5.56 Å². The van der Waals surface area contributed by atoms with Crippen LogP contribution in [0, 0.1) is 19.1 Å². The first-order valence-corrected chi connectivity index (χ1v) is 7.08. The van der Waals surface area contributed by atoms with E-state index in [0.29, 0.717) is 5.56 Å². The Morgan fingerprint density at radius 3 is 2.23 bits per heavy atom. The van der Waals surface area contributed by atoms with Crippen LogP contribution in [0.4, 0.5) is 0 Å². The van der Waals surface area contributed by atoms with Crippen LogP contribution in [0.25, 0.3) is 6.20 Å². The number of rotatable bonds is 4. The van der Waals surface area contributed by atoms with Crippen molar-refractivity contribution < 1.29 is 4.79 Å². The van der Waals surface area contributed by atoms with E-state index in [2.05, 4.69) is 6.58 Å². The van der Waals surface area contributed by atoms with Gasteiger partial charge in [0.15, 0.2) is 0 Å². The molecule has 0 radical (unpaired) electrons. The lowest BCUT2D eigenvalue weighted by Crippen LogP contribution is -2.17. The number of aryl methyl sites for hydroxylation is 2. The molecular weight excluding hydrogens is 280 g/mol. The number of aromatic nitrogens is 2. The van der Waals surface area contributed by atoms with E-state index in [9.17, 15) is 14.8 Å². The average molecular weight is 299 g/mol. The Morgan fingerprint density at radius 2 is 1.77 bits per heavy atom. The van der Waals surface area contributed by atoms with Crippen LogP contribution in [-0.4, -0.2) is 15.3 Å². The number of benzene rings is 1. The lowest BCUT2D eigenvalue weighted by Gasteiger charge is -2.13. The summed E-state index contributed by atoms with van der Waals surface area (Å²) in [7, 11) is 0. The largest absolute Gasteiger partial charge is 0.789 e. The second-order valence-corrected chi connectivity index (χ2v) is 5.73. The maximum Gasteiger partial charge on any atom is 0.267 e. The van der Waals surface area contributed by atoms with Crippen molar-refractivity contribution in [2.45, 2.75) is 33.6 Å². The Bertz CT molecular complexity index is 790. The number of nitrogens with zero attached hydrogens (tertiary/aromatic N) is 2. The second-order valence-electron chi connectivity index (χ2n) is 5.73. The van der Waals surface area contributed by atoms with Gasteiger partial charge in [-0.1, -0.05) is 37.6 Å². The quantitative estimate of drug-likeness (QED) is 0.815. The molecule has 0 atom stereocenters. The van der Waals surface area contributed by atoms with E-state index in [1.807, 2.05) is 19.9 Å². The fraction of sp³-hybridized carbons (Fsp3) is 0.294. The zero-order valence-corrected chi connectivity index (χ0v) is 13.2. The summed E-state index contributed by atoms with van der Waals surface area (Å²) in [5.74, 6) is -0.583. The molecular formula is C17H19N2O3-. The molecule has 1 aromatic heterocycles. The molecule has 0 aliphatic rings. The number of carbonyl (C=O) groups is 1. The summed E-state index contributed by atoms with van der Waals surface area (Å²) in [6.45, 7) is 10.9. The minimum absolute atomic E-state index is 0.0926. The fourth-order valence-electron chi connectivity index (χ4n) is 2.67. The monoisotopic (exact) mass is 299 g/mol. The number of hydrogen-bond acceptors (Lipinski definition) is 3. The molecule has 2 rings (SSSR count). The Balaban J connectivity index is 2.75. The molecule has 0 saturated heterocycles. The molecule has 0 saturated carbocycles. The summed E-state index contributed by atoms with van der Waals surface area (Å²) < 4.78 is 0.984. The summed E-state index contributed by atoms with van der Waals surface area (Å²) >= 11 is 0.